The summed E-state index contributed by atoms with van der Waals surface area (Å²) in [6.07, 6.45) is 1.95. The molecule has 1 fully saturated rings. The number of nitrogens with one attached hydrogen (secondary N) is 1. The molecule has 2 aromatic rings. The number of aromatic amines is 1. The van der Waals surface area contributed by atoms with Crippen LogP contribution in [0.1, 0.15) is 27.7 Å². The first kappa shape index (κ1) is 12.8. The Morgan fingerprint density at radius 1 is 1.16 bits per heavy atom. The van der Waals surface area contributed by atoms with Crippen molar-refractivity contribution in [2.24, 2.45) is 5.41 Å². The van der Waals surface area contributed by atoms with E-state index in [9.17, 15) is 0 Å². The first-order valence-corrected chi connectivity index (χ1v) is 6.76. The summed E-state index contributed by atoms with van der Waals surface area (Å²) in [5.74, 6) is 0. The minimum atomic E-state index is -0.289. The van der Waals surface area contributed by atoms with Crippen LogP contribution in [-0.4, -0.2) is 24.3 Å². The standard InChI is InChI=1S/C15H20BNO2/c1-14(2)10-18-16(19-15(14,3)4)12-6-5-7-13-11(12)8-9-17-13/h5-9,17H,10H2,1-4H3. The molecular weight excluding hydrogens is 237 g/mol. The molecule has 0 bridgehead atoms. The summed E-state index contributed by atoms with van der Waals surface area (Å²) < 4.78 is 12.2. The van der Waals surface area contributed by atoms with Crippen LogP contribution in [-0.2, 0) is 9.31 Å². The van der Waals surface area contributed by atoms with Gasteiger partial charge in [0, 0.05) is 23.7 Å². The van der Waals surface area contributed by atoms with Gasteiger partial charge < -0.3 is 14.3 Å². The number of H-pyrrole nitrogens is 1. The van der Waals surface area contributed by atoms with Crippen molar-refractivity contribution in [2.45, 2.75) is 33.3 Å². The van der Waals surface area contributed by atoms with E-state index in [4.69, 9.17) is 9.31 Å². The van der Waals surface area contributed by atoms with E-state index in [0.29, 0.717) is 6.61 Å². The summed E-state index contributed by atoms with van der Waals surface area (Å²) in [6, 6.07) is 8.25. The van der Waals surface area contributed by atoms with Gasteiger partial charge in [0.1, 0.15) is 0 Å². The van der Waals surface area contributed by atoms with Crippen molar-refractivity contribution in [3.63, 3.8) is 0 Å². The van der Waals surface area contributed by atoms with Gasteiger partial charge in [-0.2, -0.15) is 0 Å². The van der Waals surface area contributed by atoms with Gasteiger partial charge in [0.25, 0.3) is 0 Å². The van der Waals surface area contributed by atoms with Gasteiger partial charge in [0.2, 0.25) is 0 Å². The molecule has 2 heterocycles. The summed E-state index contributed by atoms with van der Waals surface area (Å²) >= 11 is 0. The predicted octanol–water partition coefficient (Wildman–Crippen LogP) is 2.71. The third-order valence-electron chi connectivity index (χ3n) is 4.51. The number of benzene rings is 1. The molecule has 0 unspecified atom stereocenters. The zero-order chi connectivity index (χ0) is 13.7. The van der Waals surface area contributed by atoms with Crippen LogP contribution in [0.25, 0.3) is 10.9 Å². The van der Waals surface area contributed by atoms with Gasteiger partial charge >= 0.3 is 7.12 Å². The van der Waals surface area contributed by atoms with E-state index in [1.807, 2.05) is 12.3 Å². The van der Waals surface area contributed by atoms with E-state index in [2.05, 4.69) is 50.9 Å². The van der Waals surface area contributed by atoms with E-state index in [-0.39, 0.29) is 18.1 Å². The van der Waals surface area contributed by atoms with Gasteiger partial charge in [-0.25, -0.2) is 0 Å². The summed E-state index contributed by atoms with van der Waals surface area (Å²) in [4.78, 5) is 3.22. The molecule has 1 N–H and O–H groups in total. The van der Waals surface area contributed by atoms with Gasteiger partial charge in [-0.05, 0) is 36.8 Å². The molecule has 3 rings (SSSR count). The highest BCUT2D eigenvalue weighted by atomic mass is 16.6. The molecule has 0 amide bonds. The molecule has 0 aliphatic carbocycles. The fourth-order valence-corrected chi connectivity index (χ4v) is 2.39. The molecule has 0 radical (unpaired) electrons. The second-order valence-corrected chi connectivity index (χ2v) is 6.44. The Labute approximate surface area is 114 Å². The van der Waals surface area contributed by atoms with Gasteiger partial charge in [0.15, 0.2) is 0 Å². The molecule has 1 aromatic heterocycles. The molecule has 19 heavy (non-hydrogen) atoms. The number of hydrogen-bond donors (Lipinski definition) is 1. The van der Waals surface area contributed by atoms with Gasteiger partial charge in [-0.1, -0.05) is 26.0 Å². The fraction of sp³-hybridized carbons (Fsp3) is 0.467. The lowest BCUT2D eigenvalue weighted by molar-refractivity contribution is -0.0936. The van der Waals surface area contributed by atoms with Crippen molar-refractivity contribution in [3.05, 3.63) is 30.5 Å². The molecule has 1 aromatic carbocycles. The minimum Gasteiger partial charge on any atom is -0.407 e. The molecule has 0 spiro atoms. The maximum absolute atomic E-state index is 6.22. The lowest BCUT2D eigenvalue weighted by Crippen LogP contribution is -2.58. The Morgan fingerprint density at radius 3 is 2.68 bits per heavy atom. The van der Waals surface area contributed by atoms with Crippen molar-refractivity contribution >= 4 is 23.5 Å². The van der Waals surface area contributed by atoms with Crippen LogP contribution in [0.3, 0.4) is 0 Å². The van der Waals surface area contributed by atoms with Crippen LogP contribution in [0.15, 0.2) is 30.5 Å². The highest BCUT2D eigenvalue weighted by Gasteiger charge is 2.47. The smallest absolute Gasteiger partial charge is 0.407 e. The largest absolute Gasteiger partial charge is 0.494 e. The third-order valence-corrected chi connectivity index (χ3v) is 4.51. The van der Waals surface area contributed by atoms with Crippen LogP contribution < -0.4 is 5.46 Å². The van der Waals surface area contributed by atoms with Crippen LogP contribution in [0, 0.1) is 5.41 Å². The molecule has 0 atom stereocenters. The topological polar surface area (TPSA) is 34.2 Å². The number of aromatic nitrogens is 1. The molecular formula is C15H20BNO2. The van der Waals surface area contributed by atoms with Crippen molar-refractivity contribution in [1.82, 2.24) is 4.98 Å². The lowest BCUT2D eigenvalue weighted by Gasteiger charge is -2.47. The Kier molecular flexibility index (Phi) is 2.77. The average Bonchev–Trinajstić information content (AvgIpc) is 2.80. The monoisotopic (exact) mass is 257 g/mol. The summed E-state index contributed by atoms with van der Waals surface area (Å²) in [7, 11) is -0.289. The number of rotatable bonds is 1. The fourth-order valence-electron chi connectivity index (χ4n) is 2.39. The summed E-state index contributed by atoms with van der Waals surface area (Å²) in [5, 5.41) is 1.17. The number of fused-ring (bicyclic) bond motifs is 1. The molecule has 4 heteroatoms. The van der Waals surface area contributed by atoms with E-state index in [1.165, 1.54) is 5.39 Å². The Balaban J connectivity index is 1.98. The zero-order valence-electron chi connectivity index (χ0n) is 12.0. The molecule has 3 nitrogen and oxygen atoms in total. The molecule has 1 saturated heterocycles. The highest BCUT2D eigenvalue weighted by Crippen LogP contribution is 2.38. The van der Waals surface area contributed by atoms with Crippen LogP contribution in [0.4, 0.5) is 0 Å². The summed E-state index contributed by atoms with van der Waals surface area (Å²) in [5.41, 5.74) is 2.01. The van der Waals surface area contributed by atoms with Crippen molar-refractivity contribution in [1.29, 1.82) is 0 Å². The van der Waals surface area contributed by atoms with Crippen molar-refractivity contribution in [2.75, 3.05) is 6.61 Å². The second kappa shape index (κ2) is 4.12. The van der Waals surface area contributed by atoms with Crippen molar-refractivity contribution < 1.29 is 9.31 Å². The Hall–Kier alpha value is -1.26. The van der Waals surface area contributed by atoms with Gasteiger partial charge in [-0.15, -0.1) is 0 Å². The zero-order valence-corrected chi connectivity index (χ0v) is 12.0. The Morgan fingerprint density at radius 2 is 1.95 bits per heavy atom. The van der Waals surface area contributed by atoms with Gasteiger partial charge in [-0.3, -0.25) is 0 Å². The first-order chi connectivity index (χ1) is 8.91. The van der Waals surface area contributed by atoms with E-state index < -0.39 is 0 Å². The second-order valence-electron chi connectivity index (χ2n) is 6.44. The van der Waals surface area contributed by atoms with E-state index in [1.54, 1.807) is 0 Å². The molecule has 0 saturated carbocycles. The SMILES string of the molecule is CC1(C)COB(c2cccc3[nH]ccc23)OC1(C)C. The van der Waals surface area contributed by atoms with Crippen molar-refractivity contribution in [3.8, 4) is 0 Å². The highest BCUT2D eigenvalue weighted by molar-refractivity contribution is 6.64. The van der Waals surface area contributed by atoms with Crippen LogP contribution in [0.2, 0.25) is 0 Å². The van der Waals surface area contributed by atoms with Crippen LogP contribution >= 0.6 is 0 Å². The summed E-state index contributed by atoms with van der Waals surface area (Å²) in [6.45, 7) is 9.34. The maximum atomic E-state index is 6.22. The normalized spacial score (nSPS) is 21.8. The maximum Gasteiger partial charge on any atom is 0.494 e. The lowest BCUT2D eigenvalue weighted by atomic mass is 9.68. The molecule has 100 valence electrons. The third kappa shape index (κ3) is 1.99. The molecule has 1 aliphatic rings. The minimum absolute atomic E-state index is 0.00947. The Bertz CT molecular complexity index is 603. The molecule has 1 aliphatic heterocycles. The van der Waals surface area contributed by atoms with Crippen LogP contribution in [0.5, 0.6) is 0 Å². The quantitative estimate of drug-likeness (QED) is 0.797. The van der Waals surface area contributed by atoms with E-state index in [0.717, 1.165) is 11.0 Å². The predicted molar refractivity (Wildman–Crippen MR) is 78.6 cm³/mol. The number of hydrogen-bond acceptors (Lipinski definition) is 2. The average molecular weight is 257 g/mol. The van der Waals surface area contributed by atoms with Gasteiger partial charge in [0.05, 0.1) is 5.60 Å². The first-order valence-electron chi connectivity index (χ1n) is 6.76. The van der Waals surface area contributed by atoms with E-state index >= 15 is 0 Å².